The van der Waals surface area contributed by atoms with Gasteiger partial charge in [0, 0.05) is 23.2 Å². The van der Waals surface area contributed by atoms with E-state index in [1.165, 1.54) is 22.5 Å². The van der Waals surface area contributed by atoms with Crippen LogP contribution >= 0.6 is 11.3 Å². The summed E-state index contributed by atoms with van der Waals surface area (Å²) in [4.78, 5) is 0. The van der Waals surface area contributed by atoms with E-state index in [0.717, 1.165) is 34.0 Å². The van der Waals surface area contributed by atoms with Crippen molar-refractivity contribution in [3.63, 3.8) is 0 Å². The molecule has 7 heteroatoms. The number of rotatable bonds is 7. The summed E-state index contributed by atoms with van der Waals surface area (Å²) in [6.45, 7) is 5.99. The molecule has 1 aliphatic carbocycles. The van der Waals surface area contributed by atoms with Crippen LogP contribution in [0.1, 0.15) is 49.9 Å². The second kappa shape index (κ2) is 9.15. The molecule has 2 atom stereocenters. The van der Waals surface area contributed by atoms with Crippen molar-refractivity contribution in [3.05, 3.63) is 53.1 Å². The molecule has 4 rings (SSSR count). The van der Waals surface area contributed by atoms with Gasteiger partial charge in [-0.2, -0.15) is 5.26 Å². The molecule has 1 aromatic heterocycles. The fraction of sp³-hybridized carbons (Fsp3) is 0.375. The summed E-state index contributed by atoms with van der Waals surface area (Å²) < 4.78 is 5.72. The molecule has 1 aliphatic rings. The van der Waals surface area contributed by atoms with Crippen LogP contribution in [-0.4, -0.2) is 34.1 Å². The van der Waals surface area contributed by atoms with Gasteiger partial charge in [-0.3, -0.25) is 0 Å². The van der Waals surface area contributed by atoms with Crippen molar-refractivity contribution >= 4 is 11.3 Å². The normalized spacial score (nSPS) is 16.2. The molecule has 0 amide bonds. The van der Waals surface area contributed by atoms with Crippen LogP contribution in [0.2, 0.25) is 0 Å². The summed E-state index contributed by atoms with van der Waals surface area (Å²) in [7, 11) is 0. The lowest BCUT2D eigenvalue weighted by Crippen LogP contribution is -2.32. The van der Waals surface area contributed by atoms with E-state index < -0.39 is 0 Å². The van der Waals surface area contributed by atoms with E-state index in [1.54, 1.807) is 0 Å². The quantitative estimate of drug-likeness (QED) is 0.569. The highest BCUT2D eigenvalue weighted by molar-refractivity contribution is 7.17. The summed E-state index contributed by atoms with van der Waals surface area (Å²) in [6, 6.07) is 14.4. The first-order valence-electron chi connectivity index (χ1n) is 10.5. The van der Waals surface area contributed by atoms with E-state index in [4.69, 9.17) is 4.74 Å². The number of aliphatic hydroxyl groups is 1. The number of aliphatic hydroxyl groups excluding tert-OH is 1. The maximum Gasteiger partial charge on any atom is 0.148 e. The van der Waals surface area contributed by atoms with Gasteiger partial charge in [0.15, 0.2) is 0 Å². The molecule has 6 nitrogen and oxygen atoms in total. The molecule has 0 saturated heterocycles. The van der Waals surface area contributed by atoms with Crippen molar-refractivity contribution in [1.29, 1.82) is 5.26 Å². The number of hydrogen-bond acceptors (Lipinski definition) is 7. The average molecular weight is 435 g/mol. The first kappa shape index (κ1) is 21.4. The Labute approximate surface area is 186 Å². The van der Waals surface area contributed by atoms with Crippen LogP contribution in [0.3, 0.4) is 0 Å². The Morgan fingerprint density at radius 1 is 1.23 bits per heavy atom. The van der Waals surface area contributed by atoms with Gasteiger partial charge < -0.3 is 15.2 Å². The first-order valence-corrected chi connectivity index (χ1v) is 11.4. The minimum atomic E-state index is 0.00457. The third kappa shape index (κ3) is 4.47. The minimum Gasteiger partial charge on any atom is -0.490 e. The second-order valence-corrected chi connectivity index (χ2v) is 9.09. The van der Waals surface area contributed by atoms with Gasteiger partial charge in [0.25, 0.3) is 0 Å². The molecule has 3 aromatic rings. The molecular formula is C24H26N4O2S. The smallest absolute Gasteiger partial charge is 0.148 e. The lowest BCUT2D eigenvalue weighted by Gasteiger charge is -2.18. The zero-order chi connectivity index (χ0) is 22.0. The minimum absolute atomic E-state index is 0.00457. The Morgan fingerprint density at radius 2 is 2.03 bits per heavy atom. The highest BCUT2D eigenvalue weighted by Crippen LogP contribution is 2.40. The number of benzene rings is 2. The standard InChI is InChI=1S/C24H26N4O2S/c1-14(2)30-22-10-7-16(11-17(22)12-25)23-27-28-24(31-23)20-6-4-5-19-18(20)8-9-21(19)26-15(3)13-29/h4-7,10-11,14-15,21,26,29H,8-9,13H2,1-3H3/t15-,21?/m1/s1. The molecule has 0 spiro atoms. The number of nitriles is 1. The Morgan fingerprint density at radius 3 is 2.77 bits per heavy atom. The van der Waals surface area contributed by atoms with E-state index in [1.807, 2.05) is 39.0 Å². The Hall–Kier alpha value is -2.79. The Bertz CT molecular complexity index is 1120. The zero-order valence-electron chi connectivity index (χ0n) is 17.9. The van der Waals surface area contributed by atoms with Crippen LogP contribution in [0.5, 0.6) is 5.75 Å². The van der Waals surface area contributed by atoms with Gasteiger partial charge in [0.1, 0.15) is 21.8 Å². The van der Waals surface area contributed by atoms with Gasteiger partial charge in [-0.1, -0.05) is 29.5 Å². The van der Waals surface area contributed by atoms with Gasteiger partial charge in [0.2, 0.25) is 0 Å². The van der Waals surface area contributed by atoms with Crippen LogP contribution in [0.25, 0.3) is 21.1 Å². The maximum absolute atomic E-state index is 9.51. The van der Waals surface area contributed by atoms with Crippen molar-refractivity contribution in [1.82, 2.24) is 15.5 Å². The lowest BCUT2D eigenvalue weighted by atomic mass is 10.0. The fourth-order valence-corrected chi connectivity index (χ4v) is 4.87. The third-order valence-corrected chi connectivity index (χ3v) is 6.40. The monoisotopic (exact) mass is 434 g/mol. The molecule has 0 saturated carbocycles. The molecule has 160 valence electrons. The second-order valence-electron chi connectivity index (χ2n) is 8.12. The van der Waals surface area contributed by atoms with E-state index in [-0.39, 0.29) is 24.8 Å². The van der Waals surface area contributed by atoms with Crippen molar-refractivity contribution in [2.24, 2.45) is 0 Å². The van der Waals surface area contributed by atoms with Crippen LogP contribution in [0.4, 0.5) is 0 Å². The number of nitrogens with zero attached hydrogens (tertiary/aromatic N) is 3. The van der Waals surface area contributed by atoms with Gasteiger partial charge >= 0.3 is 0 Å². The van der Waals surface area contributed by atoms with Crippen molar-refractivity contribution in [3.8, 4) is 33.0 Å². The molecule has 0 bridgehead atoms. The third-order valence-electron chi connectivity index (χ3n) is 5.40. The van der Waals surface area contributed by atoms with Crippen molar-refractivity contribution < 1.29 is 9.84 Å². The molecule has 31 heavy (non-hydrogen) atoms. The highest BCUT2D eigenvalue weighted by atomic mass is 32.1. The van der Waals surface area contributed by atoms with Gasteiger partial charge in [-0.15, -0.1) is 10.2 Å². The van der Waals surface area contributed by atoms with Crippen LogP contribution < -0.4 is 10.1 Å². The average Bonchev–Trinajstić information content (AvgIpc) is 3.41. The van der Waals surface area contributed by atoms with E-state index in [2.05, 4.69) is 39.8 Å². The lowest BCUT2D eigenvalue weighted by molar-refractivity contribution is 0.240. The predicted octanol–water partition coefficient (Wildman–Crippen LogP) is 4.49. The zero-order valence-corrected chi connectivity index (χ0v) is 18.7. The van der Waals surface area contributed by atoms with Gasteiger partial charge in [0.05, 0.1) is 18.3 Å². The summed E-state index contributed by atoms with van der Waals surface area (Å²) in [6.07, 6.45) is 1.98. The van der Waals surface area contributed by atoms with Gasteiger partial charge in [-0.05, 0) is 62.9 Å². The van der Waals surface area contributed by atoms with Gasteiger partial charge in [-0.25, -0.2) is 0 Å². The summed E-state index contributed by atoms with van der Waals surface area (Å²) in [5.74, 6) is 0.586. The maximum atomic E-state index is 9.51. The largest absolute Gasteiger partial charge is 0.490 e. The SMILES string of the molecule is CC(C)Oc1ccc(-c2nnc(-c3cccc4c3CCC4N[C@H](C)CO)s2)cc1C#N. The number of ether oxygens (including phenoxy) is 1. The number of nitrogens with one attached hydrogen (secondary N) is 1. The van der Waals surface area contributed by atoms with Crippen LogP contribution in [0.15, 0.2) is 36.4 Å². The summed E-state index contributed by atoms with van der Waals surface area (Å²) >= 11 is 1.53. The number of aromatic nitrogens is 2. The van der Waals surface area contributed by atoms with E-state index >= 15 is 0 Å². The van der Waals surface area contributed by atoms with Crippen LogP contribution in [0, 0.1) is 11.3 Å². The number of hydrogen-bond donors (Lipinski definition) is 2. The first-order chi connectivity index (χ1) is 15.0. The summed E-state index contributed by atoms with van der Waals surface area (Å²) in [5.41, 5.74) is 5.04. The topological polar surface area (TPSA) is 91.1 Å². The molecular weight excluding hydrogens is 408 g/mol. The number of fused-ring (bicyclic) bond motifs is 1. The molecule has 0 aliphatic heterocycles. The van der Waals surface area contributed by atoms with Crippen molar-refractivity contribution in [2.75, 3.05) is 6.61 Å². The van der Waals surface area contributed by atoms with E-state index in [0.29, 0.717) is 11.3 Å². The molecule has 0 fully saturated rings. The molecule has 0 radical (unpaired) electrons. The summed E-state index contributed by atoms with van der Waals surface area (Å²) in [5, 5.41) is 32.9. The van der Waals surface area contributed by atoms with Crippen molar-refractivity contribution in [2.45, 2.75) is 51.8 Å². The molecule has 2 N–H and O–H groups in total. The van der Waals surface area contributed by atoms with Crippen LogP contribution in [-0.2, 0) is 6.42 Å². The molecule has 1 unspecified atom stereocenters. The Kier molecular flexibility index (Phi) is 6.33. The fourth-order valence-electron chi connectivity index (χ4n) is 3.98. The molecule has 1 heterocycles. The predicted molar refractivity (Wildman–Crippen MR) is 122 cm³/mol. The Balaban J connectivity index is 1.63. The molecule has 2 aromatic carbocycles. The highest BCUT2D eigenvalue weighted by Gasteiger charge is 2.27. The van der Waals surface area contributed by atoms with E-state index in [9.17, 15) is 10.4 Å².